The summed E-state index contributed by atoms with van der Waals surface area (Å²) in [6, 6.07) is 19.7. The maximum absolute atomic E-state index is 5.78. The molecule has 0 spiro atoms. The Labute approximate surface area is 239 Å². The van der Waals surface area contributed by atoms with E-state index >= 15 is 0 Å². The van der Waals surface area contributed by atoms with E-state index in [1.54, 1.807) is 12.4 Å². The van der Waals surface area contributed by atoms with Gasteiger partial charge >= 0.3 is 0 Å². The van der Waals surface area contributed by atoms with Gasteiger partial charge < -0.3 is 18.3 Å². The van der Waals surface area contributed by atoms with Crippen molar-refractivity contribution in [3.8, 4) is 11.5 Å². The van der Waals surface area contributed by atoms with Crippen LogP contribution in [0.2, 0.25) is 0 Å². The van der Waals surface area contributed by atoms with Crippen molar-refractivity contribution in [2.75, 3.05) is 13.2 Å². The van der Waals surface area contributed by atoms with Crippen LogP contribution in [0.15, 0.2) is 81.9 Å². The van der Waals surface area contributed by atoms with E-state index in [0.717, 1.165) is 46.1 Å². The second kappa shape index (κ2) is 13.6. The molecule has 6 aromatic rings. The minimum atomic E-state index is 0.305. The van der Waals surface area contributed by atoms with E-state index in [1.807, 2.05) is 60.7 Å². The Kier molecular flexibility index (Phi) is 9.22. The molecular weight excluding hydrogens is 548 g/mol. The highest BCUT2D eigenvalue weighted by Crippen LogP contribution is 2.24. The number of benzene rings is 2. The smallest absolute Gasteiger partial charge is 0.284 e. The van der Waals surface area contributed by atoms with E-state index in [-0.39, 0.29) is 0 Å². The summed E-state index contributed by atoms with van der Waals surface area (Å²) in [5.74, 6) is 2.81. The Bertz CT molecular complexity index is 1650. The molecule has 0 fully saturated rings. The number of nitrogens with zero attached hydrogens (tertiary/aromatic N) is 4. The Balaban J connectivity index is 0.000000161. The molecule has 0 aliphatic heterocycles. The molecular formula is C28H26N6O4S2. The summed E-state index contributed by atoms with van der Waals surface area (Å²) in [7, 11) is 0. The molecule has 40 heavy (non-hydrogen) atoms. The van der Waals surface area contributed by atoms with Crippen LogP contribution in [0.1, 0.15) is 24.6 Å². The lowest BCUT2D eigenvalue weighted by molar-refractivity contribution is 0.307. The summed E-state index contributed by atoms with van der Waals surface area (Å²) >= 11 is 9.63. The number of H-pyrrole nitrogens is 2. The van der Waals surface area contributed by atoms with Crippen LogP contribution in [0.5, 0.6) is 11.5 Å². The molecule has 0 bridgehead atoms. The van der Waals surface area contributed by atoms with E-state index < -0.39 is 0 Å². The van der Waals surface area contributed by atoms with Gasteiger partial charge in [0.1, 0.15) is 22.5 Å². The first kappa shape index (κ1) is 27.2. The summed E-state index contributed by atoms with van der Waals surface area (Å²) in [6.07, 6.45) is 6.50. The van der Waals surface area contributed by atoms with Crippen molar-refractivity contribution in [2.24, 2.45) is 0 Å². The highest BCUT2D eigenvalue weighted by Gasteiger charge is 2.05. The minimum Gasteiger partial charge on any atom is -0.491 e. The van der Waals surface area contributed by atoms with Crippen molar-refractivity contribution < 1.29 is 18.3 Å². The Morgan fingerprint density at radius 3 is 1.50 bits per heavy atom. The van der Waals surface area contributed by atoms with E-state index in [4.69, 9.17) is 42.7 Å². The summed E-state index contributed by atoms with van der Waals surface area (Å²) in [5.41, 5.74) is 1.76. The van der Waals surface area contributed by atoms with Crippen LogP contribution in [-0.4, -0.2) is 43.6 Å². The average Bonchev–Trinajstić information content (AvgIpc) is 3.61. The number of aromatic nitrogens is 6. The number of nitrogens with one attached hydrogen (secondary N) is 2. The number of para-hydroxylation sites is 2. The van der Waals surface area contributed by atoms with E-state index in [2.05, 4.69) is 30.4 Å². The molecule has 0 atom stereocenters. The van der Waals surface area contributed by atoms with Gasteiger partial charge in [-0.25, -0.2) is 10.2 Å². The monoisotopic (exact) mass is 574 g/mol. The molecule has 0 aliphatic rings. The fourth-order valence-corrected chi connectivity index (χ4v) is 4.22. The van der Waals surface area contributed by atoms with Crippen molar-refractivity contribution >= 4 is 46.2 Å². The number of ether oxygens (including phenoxy) is 2. The molecule has 0 radical (unpaired) electrons. The molecule has 0 saturated carbocycles. The van der Waals surface area contributed by atoms with Gasteiger partial charge in [0.15, 0.2) is 0 Å². The van der Waals surface area contributed by atoms with Crippen LogP contribution >= 0.6 is 24.4 Å². The predicted molar refractivity (Wildman–Crippen MR) is 154 cm³/mol. The summed E-state index contributed by atoms with van der Waals surface area (Å²) < 4.78 is 21.9. The molecule has 0 aliphatic carbocycles. The number of hydrogen-bond acceptors (Lipinski definition) is 10. The van der Waals surface area contributed by atoms with Gasteiger partial charge in [0.25, 0.3) is 9.67 Å². The van der Waals surface area contributed by atoms with Crippen LogP contribution < -0.4 is 9.47 Å². The first-order valence-corrected chi connectivity index (χ1v) is 13.5. The molecule has 204 valence electrons. The van der Waals surface area contributed by atoms with Gasteiger partial charge in [0, 0.05) is 36.0 Å². The Morgan fingerprint density at radius 1 is 0.625 bits per heavy atom. The van der Waals surface area contributed by atoms with Gasteiger partial charge in [-0.2, -0.15) is 0 Å². The maximum Gasteiger partial charge on any atom is 0.284 e. The number of fused-ring (bicyclic) bond motifs is 2. The number of rotatable bonds is 10. The second-order valence-corrected chi connectivity index (χ2v) is 9.32. The third kappa shape index (κ3) is 7.36. The summed E-state index contributed by atoms with van der Waals surface area (Å²) in [5, 5.41) is 15.2. The van der Waals surface area contributed by atoms with Crippen LogP contribution in [-0.2, 0) is 12.8 Å². The molecule has 4 aromatic heterocycles. The second-order valence-electron chi connectivity index (χ2n) is 8.58. The quantitative estimate of drug-likeness (QED) is 0.137. The van der Waals surface area contributed by atoms with Crippen LogP contribution in [0.3, 0.4) is 0 Å². The molecule has 0 amide bonds. The first-order valence-electron chi connectivity index (χ1n) is 12.7. The topological polar surface area (TPSA) is 128 Å². The van der Waals surface area contributed by atoms with Gasteiger partial charge in [-0.05, 0) is 61.5 Å². The summed E-state index contributed by atoms with van der Waals surface area (Å²) in [6.45, 7) is 1.15. The van der Waals surface area contributed by atoms with Crippen LogP contribution in [0.25, 0.3) is 21.8 Å². The largest absolute Gasteiger partial charge is 0.491 e. The van der Waals surface area contributed by atoms with Crippen LogP contribution in [0, 0.1) is 9.67 Å². The zero-order valence-corrected chi connectivity index (χ0v) is 23.0. The zero-order valence-electron chi connectivity index (χ0n) is 21.4. The van der Waals surface area contributed by atoms with Gasteiger partial charge in [0.05, 0.1) is 13.2 Å². The number of aryl methyl sites for hydroxylation is 2. The lowest BCUT2D eigenvalue weighted by Crippen LogP contribution is -2.00. The highest BCUT2D eigenvalue weighted by atomic mass is 32.1. The third-order valence-electron chi connectivity index (χ3n) is 5.74. The number of hydrogen-bond donors (Lipinski definition) is 2. The fourth-order valence-electron chi connectivity index (χ4n) is 3.93. The average molecular weight is 575 g/mol. The normalized spacial score (nSPS) is 10.8. The standard InChI is InChI=1S/2C14H13N3O2S/c2*20-14-17-16-12(19-14)7-3-9-18-11-6-1-4-10-5-2-8-15-13(10)11/h2*1-2,4-6,8H,3,7,9H2,(H,17,20). The molecule has 6 rings (SSSR count). The van der Waals surface area contributed by atoms with E-state index in [9.17, 15) is 0 Å². The lowest BCUT2D eigenvalue weighted by Gasteiger charge is -2.07. The molecule has 2 aromatic carbocycles. The molecule has 4 heterocycles. The van der Waals surface area contributed by atoms with E-state index in [1.165, 1.54) is 0 Å². The van der Waals surface area contributed by atoms with Gasteiger partial charge in [-0.3, -0.25) is 9.97 Å². The van der Waals surface area contributed by atoms with E-state index in [0.29, 0.717) is 47.5 Å². The van der Waals surface area contributed by atoms with Gasteiger partial charge in [-0.1, -0.05) is 36.4 Å². The SMILES string of the molecule is S=c1[nH]nc(CCCOc2cccc3cccnc23)o1.S=c1[nH]nc(CCCOc2cccc3cccnc23)o1. The molecule has 10 nitrogen and oxygen atoms in total. The molecule has 2 N–H and O–H groups in total. The molecule has 12 heteroatoms. The molecule has 0 unspecified atom stereocenters. The first-order chi connectivity index (χ1) is 19.7. The van der Waals surface area contributed by atoms with Crippen molar-refractivity contribution in [1.29, 1.82) is 0 Å². The zero-order chi connectivity index (χ0) is 27.6. The minimum absolute atomic E-state index is 0.305. The maximum atomic E-state index is 5.78. The van der Waals surface area contributed by atoms with Crippen LogP contribution in [0.4, 0.5) is 0 Å². The third-order valence-corrected chi connectivity index (χ3v) is 6.09. The number of pyridine rings is 2. The number of aromatic amines is 2. The van der Waals surface area contributed by atoms with Gasteiger partial charge in [-0.15, -0.1) is 10.2 Å². The fraction of sp³-hybridized carbons (Fsp3) is 0.214. The molecule has 0 saturated heterocycles. The predicted octanol–water partition coefficient (Wildman–Crippen LogP) is 6.58. The Hall–Kier alpha value is -4.42. The van der Waals surface area contributed by atoms with Gasteiger partial charge in [0.2, 0.25) is 11.8 Å². The summed E-state index contributed by atoms with van der Waals surface area (Å²) in [4.78, 5) is 9.30. The lowest BCUT2D eigenvalue weighted by atomic mass is 10.2. The van der Waals surface area contributed by atoms with Crippen molar-refractivity contribution in [3.05, 3.63) is 94.5 Å². The van der Waals surface area contributed by atoms with Crippen molar-refractivity contribution in [2.45, 2.75) is 25.7 Å². The van der Waals surface area contributed by atoms with Crippen molar-refractivity contribution in [3.63, 3.8) is 0 Å². The van der Waals surface area contributed by atoms with Crippen molar-refractivity contribution in [1.82, 2.24) is 30.4 Å². The highest BCUT2D eigenvalue weighted by molar-refractivity contribution is 7.71. The Morgan fingerprint density at radius 2 is 1.07 bits per heavy atom.